The summed E-state index contributed by atoms with van der Waals surface area (Å²) in [6, 6.07) is 0. The highest BCUT2D eigenvalue weighted by molar-refractivity contribution is 7.54. The number of alkyl halides is 2. The van der Waals surface area contributed by atoms with Crippen molar-refractivity contribution in [2.24, 2.45) is 23.2 Å². The summed E-state index contributed by atoms with van der Waals surface area (Å²) in [5.41, 5.74) is 0.232. The van der Waals surface area contributed by atoms with Crippen molar-refractivity contribution < 1.29 is 9.09 Å². The third-order valence-corrected chi connectivity index (χ3v) is 8.86. The molecular formula is C15H25Cl2N2O2P. The molecule has 1 heterocycles. The molecular weight excluding hydrogens is 342 g/mol. The summed E-state index contributed by atoms with van der Waals surface area (Å²) in [5.74, 6) is 3.23. The Bertz CT molecular complexity index is 472. The van der Waals surface area contributed by atoms with Gasteiger partial charge in [0.25, 0.3) is 0 Å². The van der Waals surface area contributed by atoms with Crippen LogP contribution in [0.4, 0.5) is 0 Å². The van der Waals surface area contributed by atoms with E-state index in [-0.39, 0.29) is 11.5 Å². The minimum absolute atomic E-state index is 0.167. The van der Waals surface area contributed by atoms with Crippen LogP contribution in [0.1, 0.15) is 32.1 Å². The topological polar surface area (TPSA) is 41.6 Å². The molecule has 5 rings (SSSR count). The number of nitrogens with one attached hydrogen (secondary N) is 1. The third-order valence-electron chi connectivity index (χ3n) is 6.31. The second kappa shape index (κ2) is 5.89. The molecule has 1 N–H and O–H groups in total. The van der Waals surface area contributed by atoms with Crippen LogP contribution in [0.25, 0.3) is 0 Å². The number of rotatable bonds is 5. The number of nitrogens with zero attached hydrogens (tertiary/aromatic N) is 1. The van der Waals surface area contributed by atoms with E-state index in [0.717, 1.165) is 18.4 Å². The molecule has 1 saturated heterocycles. The monoisotopic (exact) mass is 366 g/mol. The van der Waals surface area contributed by atoms with E-state index in [1.54, 1.807) is 0 Å². The van der Waals surface area contributed by atoms with Gasteiger partial charge >= 0.3 is 7.67 Å². The summed E-state index contributed by atoms with van der Waals surface area (Å²) < 4.78 is 21.5. The maximum atomic E-state index is 13.4. The highest BCUT2D eigenvalue weighted by Crippen LogP contribution is 2.67. The van der Waals surface area contributed by atoms with Gasteiger partial charge in [-0.05, 0) is 49.9 Å². The Hall–Kier alpha value is 0.690. The van der Waals surface area contributed by atoms with Gasteiger partial charge in [-0.25, -0.2) is 9.76 Å². The molecule has 1 aliphatic heterocycles. The van der Waals surface area contributed by atoms with Gasteiger partial charge < -0.3 is 4.52 Å². The summed E-state index contributed by atoms with van der Waals surface area (Å²) in [6.45, 7) is 1.93. The Morgan fingerprint density at radius 2 is 1.77 bits per heavy atom. The average Bonchev–Trinajstić information content (AvgIpc) is 2.48. The van der Waals surface area contributed by atoms with Crippen molar-refractivity contribution >= 4 is 30.9 Å². The van der Waals surface area contributed by atoms with Gasteiger partial charge in [-0.2, -0.15) is 0 Å². The fourth-order valence-corrected chi connectivity index (χ4v) is 8.79. The Morgan fingerprint density at radius 3 is 2.36 bits per heavy atom. The standard InChI is InChI=1S/C15H25Cl2N2O2P/c16-1-3-19(4-2-17)22(20)18-10-15-8-11-5-12(9-15)7-13(6-11)14(15)21-22/h11-14H,1-10H2,(H,18,20)/t11-,12-,13?,14+,15?,22-/m0/s1. The predicted octanol–water partition coefficient (Wildman–Crippen LogP) is 3.69. The van der Waals surface area contributed by atoms with Gasteiger partial charge in [-0.3, -0.25) is 4.57 Å². The lowest BCUT2D eigenvalue weighted by Crippen LogP contribution is -2.63. The van der Waals surface area contributed by atoms with E-state index in [1.165, 1.54) is 32.1 Å². The van der Waals surface area contributed by atoms with Crippen molar-refractivity contribution in [1.82, 2.24) is 9.76 Å². The molecule has 126 valence electrons. The molecule has 4 atom stereocenters. The van der Waals surface area contributed by atoms with Gasteiger partial charge in [-0.1, -0.05) is 0 Å². The average molecular weight is 367 g/mol. The summed E-state index contributed by atoms with van der Waals surface area (Å²) >= 11 is 11.8. The van der Waals surface area contributed by atoms with Gasteiger partial charge in [0, 0.05) is 36.8 Å². The molecule has 4 saturated carbocycles. The molecule has 0 aromatic rings. The van der Waals surface area contributed by atoms with Crippen LogP contribution >= 0.6 is 30.9 Å². The largest absolute Gasteiger partial charge is 0.343 e. The van der Waals surface area contributed by atoms with Crippen molar-refractivity contribution in [2.75, 3.05) is 31.4 Å². The fourth-order valence-electron chi connectivity index (χ4n) is 5.79. The van der Waals surface area contributed by atoms with Crippen molar-refractivity contribution in [2.45, 2.75) is 38.2 Å². The molecule has 1 spiro atoms. The van der Waals surface area contributed by atoms with Crippen molar-refractivity contribution in [3.05, 3.63) is 0 Å². The Labute approximate surface area is 142 Å². The molecule has 0 radical (unpaired) electrons. The Morgan fingerprint density at radius 1 is 1.14 bits per heavy atom. The van der Waals surface area contributed by atoms with Crippen LogP contribution in [-0.2, 0) is 9.09 Å². The molecule has 4 nitrogen and oxygen atoms in total. The zero-order valence-corrected chi connectivity index (χ0v) is 15.3. The smallest absolute Gasteiger partial charge is 0.302 e. The first-order valence-electron chi connectivity index (χ1n) is 8.49. The first-order valence-corrected chi connectivity index (χ1v) is 11.1. The summed E-state index contributed by atoms with van der Waals surface area (Å²) in [7, 11) is -3.00. The first-order chi connectivity index (χ1) is 10.6. The van der Waals surface area contributed by atoms with Gasteiger partial charge in [0.1, 0.15) is 0 Å². The maximum absolute atomic E-state index is 13.4. The van der Waals surface area contributed by atoms with Crippen molar-refractivity contribution in [3.8, 4) is 0 Å². The number of hydrogen-bond donors (Lipinski definition) is 1. The van der Waals surface area contributed by atoms with Crippen molar-refractivity contribution in [1.29, 1.82) is 0 Å². The molecule has 4 bridgehead atoms. The lowest BCUT2D eigenvalue weighted by Gasteiger charge is -2.63. The molecule has 0 aromatic carbocycles. The van der Waals surface area contributed by atoms with Crippen molar-refractivity contribution in [3.63, 3.8) is 0 Å². The Balaban J connectivity index is 1.57. The van der Waals surface area contributed by atoms with Crippen LogP contribution in [0.3, 0.4) is 0 Å². The second-order valence-electron chi connectivity index (χ2n) is 7.68. The molecule has 22 heavy (non-hydrogen) atoms. The van der Waals surface area contributed by atoms with E-state index in [1.807, 2.05) is 4.67 Å². The van der Waals surface area contributed by atoms with Gasteiger partial charge in [0.05, 0.1) is 6.10 Å². The SMILES string of the molecule is O=[P@@]1(N(CCCl)CCCl)NCC23C[C@@H]4CC(C[C@H](C4)C2)[C@H]3O1. The van der Waals surface area contributed by atoms with Crippen LogP contribution in [0.2, 0.25) is 0 Å². The summed E-state index contributed by atoms with van der Waals surface area (Å²) in [4.78, 5) is 0. The minimum Gasteiger partial charge on any atom is -0.302 e. The zero-order chi connectivity index (χ0) is 15.4. The molecule has 5 aliphatic rings. The van der Waals surface area contributed by atoms with E-state index in [2.05, 4.69) is 5.09 Å². The summed E-state index contributed by atoms with van der Waals surface area (Å²) in [5, 5.41) is 3.29. The molecule has 7 heteroatoms. The molecule has 0 unspecified atom stereocenters. The van der Waals surface area contributed by atoms with E-state index in [9.17, 15) is 4.57 Å². The molecule has 0 aromatic heterocycles. The number of hydrogen-bond acceptors (Lipinski definition) is 2. The second-order valence-corrected chi connectivity index (χ2v) is 10.6. The lowest BCUT2D eigenvalue weighted by atomic mass is 9.48. The van der Waals surface area contributed by atoms with E-state index in [4.69, 9.17) is 27.7 Å². The van der Waals surface area contributed by atoms with Crippen LogP contribution in [0.15, 0.2) is 0 Å². The van der Waals surface area contributed by atoms with E-state index in [0.29, 0.717) is 30.8 Å². The third kappa shape index (κ3) is 2.50. The lowest BCUT2D eigenvalue weighted by molar-refractivity contribution is -0.152. The molecule has 0 amide bonds. The van der Waals surface area contributed by atoms with E-state index < -0.39 is 7.67 Å². The number of halogens is 2. The first kappa shape index (κ1) is 16.2. The Kier molecular flexibility index (Phi) is 4.33. The molecule has 4 aliphatic carbocycles. The normalized spacial score (nSPS) is 49.6. The van der Waals surface area contributed by atoms with E-state index >= 15 is 0 Å². The zero-order valence-electron chi connectivity index (χ0n) is 12.8. The maximum Gasteiger partial charge on any atom is 0.343 e. The van der Waals surface area contributed by atoms with Gasteiger partial charge in [0.15, 0.2) is 0 Å². The van der Waals surface area contributed by atoms with Gasteiger partial charge in [0.2, 0.25) is 0 Å². The van der Waals surface area contributed by atoms with Gasteiger partial charge in [-0.15, -0.1) is 23.2 Å². The van der Waals surface area contributed by atoms with Crippen LogP contribution in [0, 0.1) is 23.2 Å². The summed E-state index contributed by atoms with van der Waals surface area (Å²) in [6.07, 6.45) is 6.63. The van der Waals surface area contributed by atoms with Crippen LogP contribution < -0.4 is 5.09 Å². The fraction of sp³-hybridized carbons (Fsp3) is 1.00. The quantitative estimate of drug-likeness (QED) is 0.595. The van der Waals surface area contributed by atoms with Crippen LogP contribution in [-0.4, -0.2) is 42.2 Å². The molecule has 5 fully saturated rings. The highest BCUT2D eigenvalue weighted by Gasteiger charge is 2.61. The van der Waals surface area contributed by atoms with Crippen LogP contribution in [0.5, 0.6) is 0 Å². The minimum atomic E-state index is -3.00. The predicted molar refractivity (Wildman–Crippen MR) is 89.5 cm³/mol. The highest BCUT2D eigenvalue weighted by atomic mass is 35.5.